The largest absolute Gasteiger partial charge is 0.347 e. The van der Waals surface area contributed by atoms with E-state index >= 15 is 0 Å². The predicted molar refractivity (Wildman–Crippen MR) is 129 cm³/mol. The van der Waals surface area contributed by atoms with Gasteiger partial charge in [-0.25, -0.2) is 8.42 Å². The van der Waals surface area contributed by atoms with Crippen LogP contribution in [0.4, 0.5) is 5.69 Å². The summed E-state index contributed by atoms with van der Waals surface area (Å²) < 4.78 is 27.5. The number of rotatable bonds is 7. The first kappa shape index (κ1) is 22.3. The third kappa shape index (κ3) is 5.12. The van der Waals surface area contributed by atoms with Crippen LogP contribution in [0.2, 0.25) is 5.02 Å². The number of carbonyl (C=O) groups excluding carboxylic acids is 1. The lowest BCUT2D eigenvalue weighted by Gasteiger charge is -2.11. The van der Waals surface area contributed by atoms with Crippen LogP contribution in [0.25, 0.3) is 10.2 Å². The van der Waals surface area contributed by atoms with Gasteiger partial charge in [0.2, 0.25) is 10.0 Å². The maximum absolute atomic E-state index is 12.8. The highest BCUT2D eigenvalue weighted by atomic mass is 35.5. The van der Waals surface area contributed by atoms with Gasteiger partial charge in [0.15, 0.2) is 0 Å². The normalized spacial score (nSPS) is 11.6. The number of thiophene rings is 1. The molecule has 2 aromatic carbocycles. The Morgan fingerprint density at radius 3 is 2.59 bits per heavy atom. The van der Waals surface area contributed by atoms with Crippen molar-refractivity contribution in [2.45, 2.75) is 20.0 Å². The molecule has 0 fully saturated rings. The van der Waals surface area contributed by atoms with Gasteiger partial charge in [-0.1, -0.05) is 41.9 Å². The zero-order chi connectivity index (χ0) is 22.9. The van der Waals surface area contributed by atoms with Gasteiger partial charge in [0, 0.05) is 17.0 Å². The van der Waals surface area contributed by atoms with E-state index in [1.54, 1.807) is 24.3 Å². The fourth-order valence-electron chi connectivity index (χ4n) is 3.33. The standard InChI is InChI=1S/C22H21ClN4O3S2/c1-14-18-11-20(31-22(18)27(25-14)13-15-7-9-17(23)10-8-15)21(28)24-12-16-5-3-4-6-19(16)26-32(2,29)30/h3-11,26H,12-13H2,1-2H3,(H,24,28). The average Bonchev–Trinajstić information content (AvgIpc) is 3.29. The van der Waals surface area contributed by atoms with Crippen molar-refractivity contribution < 1.29 is 13.2 Å². The average molecular weight is 489 g/mol. The first-order valence-corrected chi connectivity index (χ1v) is 12.8. The molecular weight excluding hydrogens is 468 g/mol. The van der Waals surface area contributed by atoms with Crippen LogP contribution in [0.15, 0.2) is 54.6 Å². The van der Waals surface area contributed by atoms with Gasteiger partial charge in [0.1, 0.15) is 4.83 Å². The van der Waals surface area contributed by atoms with Gasteiger partial charge >= 0.3 is 0 Å². The van der Waals surface area contributed by atoms with E-state index in [2.05, 4.69) is 15.1 Å². The van der Waals surface area contributed by atoms with E-state index in [-0.39, 0.29) is 12.5 Å². The van der Waals surface area contributed by atoms with E-state index < -0.39 is 10.0 Å². The third-order valence-corrected chi connectivity index (χ3v) is 6.82. The summed E-state index contributed by atoms with van der Waals surface area (Å²) in [5.41, 5.74) is 3.04. The summed E-state index contributed by atoms with van der Waals surface area (Å²) in [5, 5.41) is 9.10. The van der Waals surface area contributed by atoms with E-state index in [1.165, 1.54) is 11.3 Å². The number of para-hydroxylation sites is 1. The molecule has 0 unspecified atom stereocenters. The molecule has 0 aliphatic rings. The monoisotopic (exact) mass is 488 g/mol. The molecule has 0 atom stereocenters. The second-order valence-corrected chi connectivity index (χ2v) is 10.6. The Morgan fingerprint density at radius 1 is 1.16 bits per heavy atom. The smallest absolute Gasteiger partial charge is 0.261 e. The van der Waals surface area contributed by atoms with Crippen LogP contribution in [0.5, 0.6) is 0 Å². The van der Waals surface area contributed by atoms with Crippen molar-refractivity contribution >= 4 is 54.8 Å². The number of aromatic nitrogens is 2. The van der Waals surface area contributed by atoms with Crippen molar-refractivity contribution in [2.24, 2.45) is 0 Å². The fourth-order valence-corrected chi connectivity index (χ4v) is 5.13. The number of benzene rings is 2. The molecular formula is C22H21ClN4O3S2. The number of carbonyl (C=O) groups is 1. The molecule has 32 heavy (non-hydrogen) atoms. The number of nitrogens with one attached hydrogen (secondary N) is 2. The number of anilines is 1. The van der Waals surface area contributed by atoms with Crippen LogP contribution in [0.3, 0.4) is 0 Å². The first-order chi connectivity index (χ1) is 15.2. The van der Waals surface area contributed by atoms with Gasteiger partial charge in [-0.3, -0.25) is 14.2 Å². The topological polar surface area (TPSA) is 93.1 Å². The van der Waals surface area contributed by atoms with Gasteiger partial charge in [0.05, 0.1) is 29.1 Å². The fraction of sp³-hybridized carbons (Fsp3) is 0.182. The van der Waals surface area contributed by atoms with Crippen molar-refractivity contribution in [2.75, 3.05) is 11.0 Å². The number of nitrogens with zero attached hydrogens (tertiary/aromatic N) is 2. The minimum atomic E-state index is -3.42. The van der Waals surface area contributed by atoms with Crippen LogP contribution in [-0.2, 0) is 23.1 Å². The Bertz CT molecular complexity index is 1390. The molecule has 166 valence electrons. The van der Waals surface area contributed by atoms with Gasteiger partial charge in [0.25, 0.3) is 5.91 Å². The molecule has 0 saturated heterocycles. The lowest BCUT2D eigenvalue weighted by Crippen LogP contribution is -2.23. The molecule has 0 saturated carbocycles. The van der Waals surface area contributed by atoms with E-state index in [0.29, 0.717) is 27.7 Å². The summed E-state index contributed by atoms with van der Waals surface area (Å²) >= 11 is 7.34. The quantitative estimate of drug-likeness (QED) is 0.403. The lowest BCUT2D eigenvalue weighted by atomic mass is 10.2. The maximum atomic E-state index is 12.8. The molecule has 7 nitrogen and oxygen atoms in total. The number of sulfonamides is 1. The Balaban J connectivity index is 1.52. The molecule has 0 spiro atoms. The third-order valence-electron chi connectivity index (χ3n) is 4.83. The van der Waals surface area contributed by atoms with Crippen LogP contribution in [-0.4, -0.2) is 30.4 Å². The van der Waals surface area contributed by atoms with Crippen molar-refractivity contribution in [3.63, 3.8) is 0 Å². The molecule has 2 N–H and O–H groups in total. The number of hydrogen-bond acceptors (Lipinski definition) is 5. The van der Waals surface area contributed by atoms with Crippen molar-refractivity contribution in [1.82, 2.24) is 15.1 Å². The summed E-state index contributed by atoms with van der Waals surface area (Å²) in [6, 6.07) is 16.4. The molecule has 2 aromatic heterocycles. The van der Waals surface area contributed by atoms with Crippen LogP contribution in [0.1, 0.15) is 26.5 Å². The predicted octanol–water partition coefficient (Wildman–Crippen LogP) is 4.41. The van der Waals surface area contributed by atoms with Crippen molar-refractivity contribution in [3.05, 3.63) is 81.3 Å². The Morgan fingerprint density at radius 2 is 1.88 bits per heavy atom. The van der Waals surface area contributed by atoms with Gasteiger partial charge in [-0.15, -0.1) is 11.3 Å². The summed E-state index contributed by atoms with van der Waals surface area (Å²) in [6.45, 7) is 2.69. The molecule has 0 radical (unpaired) electrons. The van der Waals surface area contributed by atoms with Crippen LogP contribution in [0, 0.1) is 6.92 Å². The highest BCUT2D eigenvalue weighted by Crippen LogP contribution is 2.29. The molecule has 2 heterocycles. The molecule has 10 heteroatoms. The zero-order valence-corrected chi connectivity index (χ0v) is 19.8. The van der Waals surface area contributed by atoms with Crippen molar-refractivity contribution in [3.8, 4) is 0 Å². The molecule has 1 amide bonds. The number of hydrogen-bond donors (Lipinski definition) is 2. The number of amides is 1. The minimum Gasteiger partial charge on any atom is -0.347 e. The Kier molecular flexibility index (Phi) is 6.23. The second-order valence-electron chi connectivity index (χ2n) is 7.41. The summed E-state index contributed by atoms with van der Waals surface area (Å²) in [5.74, 6) is -0.224. The molecule has 4 aromatic rings. The van der Waals surface area contributed by atoms with Gasteiger partial charge in [-0.05, 0) is 42.3 Å². The second kappa shape index (κ2) is 8.93. The molecule has 0 bridgehead atoms. The first-order valence-electron chi connectivity index (χ1n) is 9.75. The van der Waals surface area contributed by atoms with E-state index in [1.807, 2.05) is 41.9 Å². The summed E-state index contributed by atoms with van der Waals surface area (Å²) in [7, 11) is -3.42. The Labute approximate surface area is 195 Å². The summed E-state index contributed by atoms with van der Waals surface area (Å²) in [6.07, 6.45) is 1.09. The minimum absolute atomic E-state index is 0.196. The highest BCUT2D eigenvalue weighted by Gasteiger charge is 2.17. The Hall–Kier alpha value is -2.88. The van der Waals surface area contributed by atoms with E-state index in [9.17, 15) is 13.2 Å². The molecule has 0 aliphatic heterocycles. The lowest BCUT2D eigenvalue weighted by molar-refractivity contribution is 0.0955. The van der Waals surface area contributed by atoms with Crippen LogP contribution < -0.4 is 10.0 Å². The zero-order valence-electron chi connectivity index (χ0n) is 17.4. The van der Waals surface area contributed by atoms with Gasteiger partial charge in [-0.2, -0.15) is 5.10 Å². The van der Waals surface area contributed by atoms with E-state index in [4.69, 9.17) is 11.6 Å². The number of halogens is 1. The number of aryl methyl sites for hydroxylation is 1. The molecule has 0 aliphatic carbocycles. The van der Waals surface area contributed by atoms with E-state index in [0.717, 1.165) is 27.7 Å². The maximum Gasteiger partial charge on any atom is 0.261 e. The van der Waals surface area contributed by atoms with Crippen molar-refractivity contribution in [1.29, 1.82) is 0 Å². The van der Waals surface area contributed by atoms with Gasteiger partial charge < -0.3 is 5.32 Å². The SMILES string of the molecule is Cc1nn(Cc2ccc(Cl)cc2)c2sc(C(=O)NCc3ccccc3NS(C)(=O)=O)cc12. The number of fused-ring (bicyclic) bond motifs is 1. The highest BCUT2D eigenvalue weighted by molar-refractivity contribution is 7.92. The summed E-state index contributed by atoms with van der Waals surface area (Å²) in [4.78, 5) is 14.3. The molecule has 4 rings (SSSR count). The van der Waals surface area contributed by atoms with Crippen LogP contribution >= 0.6 is 22.9 Å².